The van der Waals surface area contributed by atoms with Crippen molar-refractivity contribution in [3.63, 3.8) is 0 Å². The first-order valence-corrected chi connectivity index (χ1v) is 14.5. The molecule has 2 aromatic heterocycles. The number of aryl methyl sites for hydroxylation is 2. The highest BCUT2D eigenvalue weighted by atomic mass is 32.1. The van der Waals surface area contributed by atoms with Gasteiger partial charge in [0.2, 0.25) is 6.43 Å². The molecule has 0 bridgehead atoms. The summed E-state index contributed by atoms with van der Waals surface area (Å²) in [5.74, 6) is 1.11. The number of allylic oxidation sites excluding steroid dienone is 5. The Hall–Kier alpha value is -3.19. The number of nitrogen functional groups attached to an aromatic ring is 1. The number of nitrogens with two attached hydrogens (primary N) is 1. The van der Waals surface area contributed by atoms with Gasteiger partial charge in [0.25, 0.3) is 0 Å². The zero-order valence-corrected chi connectivity index (χ0v) is 25.9. The average molecular weight is 566 g/mol. The van der Waals surface area contributed by atoms with Crippen LogP contribution in [0.3, 0.4) is 0 Å². The maximum atomic E-state index is 11.4. The Bertz CT molecular complexity index is 982. The third-order valence-corrected chi connectivity index (χ3v) is 5.92. The highest BCUT2D eigenvalue weighted by Crippen LogP contribution is 2.27. The van der Waals surface area contributed by atoms with Crippen molar-refractivity contribution in [2.45, 2.75) is 74.2 Å². The van der Waals surface area contributed by atoms with Crippen molar-refractivity contribution >= 4 is 28.1 Å². The van der Waals surface area contributed by atoms with Crippen LogP contribution >= 0.6 is 11.3 Å². The number of thiazole rings is 1. The molecule has 0 aliphatic carbocycles. The first kappa shape index (κ1) is 38.0. The van der Waals surface area contributed by atoms with Crippen LogP contribution in [0.5, 0.6) is 0 Å². The second-order valence-corrected chi connectivity index (χ2v) is 8.50. The summed E-state index contributed by atoms with van der Waals surface area (Å²) in [7, 11) is 1.76. The van der Waals surface area contributed by atoms with Crippen LogP contribution in [0.25, 0.3) is 0 Å². The highest BCUT2D eigenvalue weighted by Gasteiger charge is 2.24. The van der Waals surface area contributed by atoms with Crippen molar-refractivity contribution in [1.82, 2.24) is 14.8 Å². The normalized spacial score (nSPS) is 12.4. The van der Waals surface area contributed by atoms with Crippen LogP contribution in [0.1, 0.15) is 72.1 Å². The van der Waals surface area contributed by atoms with E-state index < -0.39 is 6.43 Å². The molecule has 3 heterocycles. The summed E-state index contributed by atoms with van der Waals surface area (Å²) in [5, 5.41) is 16.7. The van der Waals surface area contributed by atoms with Crippen LogP contribution in [-0.4, -0.2) is 47.4 Å². The number of hydrogen-bond donors (Lipinski definition) is 1. The van der Waals surface area contributed by atoms with E-state index >= 15 is 0 Å². The van der Waals surface area contributed by atoms with Gasteiger partial charge < -0.3 is 15.5 Å². The predicted molar refractivity (Wildman–Crippen MR) is 166 cm³/mol. The van der Waals surface area contributed by atoms with Crippen LogP contribution in [-0.2, 0) is 7.05 Å². The first-order chi connectivity index (χ1) is 18.8. The zero-order valence-electron chi connectivity index (χ0n) is 25.1. The molecule has 1 fully saturated rings. The lowest BCUT2D eigenvalue weighted by atomic mass is 10.2. The molecule has 2 N–H and O–H groups in total. The van der Waals surface area contributed by atoms with E-state index in [1.54, 1.807) is 35.2 Å². The van der Waals surface area contributed by atoms with Crippen LogP contribution in [0, 0.1) is 18.3 Å². The summed E-state index contributed by atoms with van der Waals surface area (Å²) in [5.41, 5.74) is 7.40. The molecule has 0 spiro atoms. The molecule has 0 radical (unpaired) electrons. The minimum Gasteiger partial charge on any atom is -0.383 e. The Balaban J connectivity index is 0. The lowest BCUT2D eigenvalue weighted by Gasteiger charge is -2.34. The smallest absolute Gasteiger partial charge is 0.242 e. The Labute approximate surface area is 239 Å². The predicted octanol–water partition coefficient (Wildman–Crippen LogP) is 7.76. The molecule has 1 aliphatic rings. The van der Waals surface area contributed by atoms with E-state index in [0.717, 1.165) is 43.4 Å². The topological polar surface area (TPSA) is 87.0 Å². The van der Waals surface area contributed by atoms with Crippen LogP contribution < -0.4 is 15.5 Å². The van der Waals surface area contributed by atoms with Gasteiger partial charge in [0.05, 0.1) is 5.69 Å². The zero-order chi connectivity index (χ0) is 30.2. The minimum atomic E-state index is -2.22. The fraction of sp³-hybridized carbons (Fsp3) is 0.552. The van der Waals surface area contributed by atoms with Gasteiger partial charge in [0.1, 0.15) is 17.5 Å². The summed E-state index contributed by atoms with van der Waals surface area (Å²) >= 11 is 1.67. The van der Waals surface area contributed by atoms with Gasteiger partial charge in [-0.25, -0.2) is 18.4 Å². The Morgan fingerprint density at radius 2 is 1.72 bits per heavy atom. The molecular weight excluding hydrogens is 516 g/mol. The monoisotopic (exact) mass is 565 g/mol. The number of halogens is 2. The molecule has 3 rings (SSSR count). The van der Waals surface area contributed by atoms with E-state index in [-0.39, 0.29) is 6.42 Å². The van der Waals surface area contributed by atoms with Crippen LogP contribution in [0.15, 0.2) is 42.3 Å². The number of hydrogen-bond acceptors (Lipinski definition) is 7. The van der Waals surface area contributed by atoms with Crippen molar-refractivity contribution < 1.29 is 8.78 Å². The summed E-state index contributed by atoms with van der Waals surface area (Å²) in [4.78, 5) is 8.91. The number of piperazine rings is 1. The maximum Gasteiger partial charge on any atom is 0.242 e. The molecule has 7 nitrogen and oxygen atoms in total. The van der Waals surface area contributed by atoms with Crippen molar-refractivity contribution in [1.29, 1.82) is 5.26 Å². The van der Waals surface area contributed by atoms with E-state index in [9.17, 15) is 14.0 Å². The number of nitriles is 1. The van der Waals surface area contributed by atoms with E-state index in [1.807, 2.05) is 41.5 Å². The van der Waals surface area contributed by atoms with Gasteiger partial charge in [-0.05, 0) is 26.7 Å². The molecule has 0 atom stereocenters. The average Bonchev–Trinajstić information content (AvgIpc) is 3.52. The standard InChI is InChI=1S/C13H17N7S.C7H10F2.C5H10.2C2H6/c1-9-8-21-13(16-9)20-5-3-19(4-6-20)12-10(7-14)11(15)18(2)17-12;1-2-3-4-5-6-7(8)9;1-3-5-4-2;2*1-2/h8H,3-6,15H2,1-2H3;2,4-5,7H,1,3,6H2;3,5H,4H2,1-2H3;2*1-2H3/b;5-4+;5-3-;;. The second kappa shape index (κ2) is 23.9. The molecule has 0 amide bonds. The second-order valence-electron chi connectivity index (χ2n) is 7.66. The maximum absolute atomic E-state index is 11.4. The van der Waals surface area contributed by atoms with Gasteiger partial charge in [0, 0.05) is 45.0 Å². The highest BCUT2D eigenvalue weighted by molar-refractivity contribution is 7.13. The summed E-state index contributed by atoms with van der Waals surface area (Å²) in [6, 6.07) is 2.15. The van der Waals surface area contributed by atoms with Gasteiger partial charge in [-0.2, -0.15) is 10.4 Å². The molecular formula is C29H49F2N7S. The third-order valence-electron chi connectivity index (χ3n) is 4.90. The lowest BCUT2D eigenvalue weighted by molar-refractivity contribution is 0.152. The number of alkyl halides is 2. The fourth-order valence-electron chi connectivity index (χ4n) is 3.07. The number of nitrogens with zero attached hydrogens (tertiary/aromatic N) is 6. The van der Waals surface area contributed by atoms with Gasteiger partial charge in [-0.1, -0.05) is 65.0 Å². The Morgan fingerprint density at radius 3 is 2.13 bits per heavy atom. The van der Waals surface area contributed by atoms with Crippen LogP contribution in [0.4, 0.5) is 25.5 Å². The summed E-state index contributed by atoms with van der Waals surface area (Å²) in [6.07, 6.45) is 8.47. The molecule has 10 heteroatoms. The molecule has 220 valence electrons. The quantitative estimate of drug-likeness (QED) is 0.345. The van der Waals surface area contributed by atoms with Crippen molar-refractivity contribution in [3.8, 4) is 6.07 Å². The van der Waals surface area contributed by atoms with Crippen molar-refractivity contribution in [2.75, 3.05) is 41.7 Å². The minimum absolute atomic E-state index is 0.145. The van der Waals surface area contributed by atoms with Crippen molar-refractivity contribution in [3.05, 3.63) is 53.6 Å². The van der Waals surface area contributed by atoms with E-state index in [1.165, 1.54) is 6.08 Å². The Morgan fingerprint density at radius 1 is 1.13 bits per heavy atom. The van der Waals surface area contributed by atoms with E-state index in [2.05, 4.69) is 57.0 Å². The lowest BCUT2D eigenvalue weighted by Crippen LogP contribution is -2.47. The van der Waals surface area contributed by atoms with Gasteiger partial charge in [-0.15, -0.1) is 17.9 Å². The molecule has 39 heavy (non-hydrogen) atoms. The van der Waals surface area contributed by atoms with E-state index in [4.69, 9.17) is 5.73 Å². The molecule has 0 saturated carbocycles. The Kier molecular flexibility index (Phi) is 23.3. The number of anilines is 3. The van der Waals surface area contributed by atoms with Gasteiger partial charge in [0.15, 0.2) is 10.9 Å². The van der Waals surface area contributed by atoms with Crippen molar-refractivity contribution in [2.24, 2.45) is 7.05 Å². The summed E-state index contributed by atoms with van der Waals surface area (Å²) < 4.78 is 24.3. The molecule has 1 saturated heterocycles. The third kappa shape index (κ3) is 15.1. The molecule has 2 aromatic rings. The molecule has 0 unspecified atom stereocenters. The van der Waals surface area contributed by atoms with Crippen LogP contribution in [0.2, 0.25) is 0 Å². The largest absolute Gasteiger partial charge is 0.383 e. The fourth-order valence-corrected chi connectivity index (χ4v) is 3.93. The summed E-state index contributed by atoms with van der Waals surface area (Å²) in [6.45, 7) is 21.0. The first-order valence-electron chi connectivity index (χ1n) is 13.6. The SMILES string of the molecule is C/C=C\CC.C=CC/C=C/CC(F)F.CC.CC.Cc1csc(N2CCN(c3nn(C)c(N)c3C#N)CC2)n1. The van der Waals surface area contributed by atoms with Gasteiger partial charge >= 0.3 is 0 Å². The number of rotatable bonds is 7. The molecule has 1 aliphatic heterocycles. The van der Waals surface area contributed by atoms with Gasteiger partial charge in [-0.3, -0.25) is 0 Å². The molecule has 0 aromatic carbocycles. The van der Waals surface area contributed by atoms with E-state index in [0.29, 0.717) is 23.6 Å². The number of aromatic nitrogens is 3.